The van der Waals surface area contributed by atoms with Crippen molar-refractivity contribution in [1.29, 1.82) is 0 Å². The fourth-order valence-electron chi connectivity index (χ4n) is 2.70. The highest BCUT2D eigenvalue weighted by Gasteiger charge is 2.26. The molecule has 1 amide bonds. The molecule has 2 aromatic heterocycles. The average Bonchev–Trinajstić information content (AvgIpc) is 3.00. The number of piperidine rings is 1. The van der Waals surface area contributed by atoms with Crippen molar-refractivity contribution < 1.29 is 13.9 Å². The number of rotatable bonds is 3. The molecule has 6 heteroatoms. The Hall–Kier alpha value is -2.37. The molecule has 116 valence electrons. The number of carbonyl (C=O) groups excluding carboxylic acids is 1. The summed E-state index contributed by atoms with van der Waals surface area (Å²) in [6.07, 6.45) is 4.77. The average molecular weight is 301 g/mol. The maximum absolute atomic E-state index is 12.4. The third kappa shape index (κ3) is 3.27. The van der Waals surface area contributed by atoms with E-state index in [0.717, 1.165) is 25.1 Å². The fraction of sp³-hybridized carbons (Fsp3) is 0.438. The van der Waals surface area contributed by atoms with E-state index in [1.54, 1.807) is 11.0 Å². The van der Waals surface area contributed by atoms with Gasteiger partial charge in [-0.3, -0.25) is 4.79 Å². The minimum absolute atomic E-state index is 0.0166. The smallest absolute Gasteiger partial charge is 0.257 e. The number of amides is 1. The van der Waals surface area contributed by atoms with Crippen molar-refractivity contribution in [2.75, 3.05) is 13.1 Å². The lowest BCUT2D eigenvalue weighted by atomic mass is 10.1. The van der Waals surface area contributed by atoms with E-state index in [2.05, 4.69) is 9.97 Å². The minimum Gasteiger partial charge on any atom is -0.472 e. The summed E-state index contributed by atoms with van der Waals surface area (Å²) in [6, 6.07) is 3.51. The van der Waals surface area contributed by atoms with Crippen LogP contribution in [0.5, 0.6) is 5.88 Å². The zero-order chi connectivity index (χ0) is 15.5. The Bertz CT molecular complexity index is 634. The van der Waals surface area contributed by atoms with Gasteiger partial charge in [0.15, 0.2) is 0 Å². The van der Waals surface area contributed by atoms with Crippen LogP contribution in [0.4, 0.5) is 0 Å². The van der Waals surface area contributed by atoms with E-state index in [0.29, 0.717) is 23.8 Å². The maximum Gasteiger partial charge on any atom is 0.257 e. The molecule has 22 heavy (non-hydrogen) atoms. The van der Waals surface area contributed by atoms with Gasteiger partial charge in [0.2, 0.25) is 5.88 Å². The van der Waals surface area contributed by atoms with Gasteiger partial charge < -0.3 is 14.1 Å². The van der Waals surface area contributed by atoms with Crippen LogP contribution in [0.25, 0.3) is 0 Å². The van der Waals surface area contributed by atoms with Gasteiger partial charge in [-0.1, -0.05) is 0 Å². The molecule has 0 N–H and O–H groups in total. The number of nitrogens with zero attached hydrogens (tertiary/aromatic N) is 3. The molecule has 1 unspecified atom stereocenters. The van der Waals surface area contributed by atoms with Crippen LogP contribution in [-0.4, -0.2) is 40.0 Å². The Balaban J connectivity index is 1.66. The summed E-state index contributed by atoms with van der Waals surface area (Å²) >= 11 is 0. The van der Waals surface area contributed by atoms with Crippen LogP contribution < -0.4 is 4.74 Å². The summed E-state index contributed by atoms with van der Waals surface area (Å²) in [5, 5.41) is 0. The Kier molecular flexibility index (Phi) is 4.09. The van der Waals surface area contributed by atoms with Gasteiger partial charge >= 0.3 is 0 Å². The molecule has 2 aromatic rings. The Morgan fingerprint density at radius 3 is 3.00 bits per heavy atom. The Labute approximate surface area is 129 Å². The summed E-state index contributed by atoms with van der Waals surface area (Å²) in [4.78, 5) is 22.7. The zero-order valence-electron chi connectivity index (χ0n) is 12.8. The molecule has 1 atom stereocenters. The largest absolute Gasteiger partial charge is 0.472 e. The Morgan fingerprint density at radius 1 is 1.41 bits per heavy atom. The third-order valence-corrected chi connectivity index (χ3v) is 3.66. The standard InChI is InChI=1S/C16H19N3O3/c1-11-8-15(18-12(2)17-11)22-14-4-3-6-19(9-14)16(20)13-5-7-21-10-13/h5,7-8,10,14H,3-4,6,9H2,1-2H3. The van der Waals surface area contributed by atoms with Crippen molar-refractivity contribution in [2.45, 2.75) is 32.8 Å². The van der Waals surface area contributed by atoms with Gasteiger partial charge in [0, 0.05) is 18.3 Å². The number of aromatic nitrogens is 2. The van der Waals surface area contributed by atoms with Gasteiger partial charge in [-0.05, 0) is 32.8 Å². The molecule has 1 aliphatic rings. The third-order valence-electron chi connectivity index (χ3n) is 3.66. The van der Waals surface area contributed by atoms with Crippen LogP contribution >= 0.6 is 0 Å². The van der Waals surface area contributed by atoms with Gasteiger partial charge in [0.1, 0.15) is 18.2 Å². The van der Waals surface area contributed by atoms with E-state index in [1.165, 1.54) is 12.5 Å². The van der Waals surface area contributed by atoms with Crippen molar-refractivity contribution in [3.05, 3.63) is 41.7 Å². The number of likely N-dealkylation sites (tertiary alicyclic amines) is 1. The lowest BCUT2D eigenvalue weighted by molar-refractivity contribution is 0.0526. The molecule has 1 fully saturated rings. The first-order valence-electron chi connectivity index (χ1n) is 7.42. The first-order valence-corrected chi connectivity index (χ1v) is 7.42. The molecule has 1 aliphatic heterocycles. The predicted molar refractivity (Wildman–Crippen MR) is 79.8 cm³/mol. The molecule has 0 aliphatic carbocycles. The second-order valence-electron chi connectivity index (χ2n) is 5.54. The van der Waals surface area contributed by atoms with Gasteiger partial charge in [-0.2, -0.15) is 4.98 Å². The van der Waals surface area contributed by atoms with Crippen molar-refractivity contribution in [3.63, 3.8) is 0 Å². The number of aryl methyl sites for hydroxylation is 2. The molecule has 0 saturated carbocycles. The van der Waals surface area contributed by atoms with Crippen molar-refractivity contribution in [3.8, 4) is 5.88 Å². The first-order chi connectivity index (χ1) is 10.6. The van der Waals surface area contributed by atoms with Crippen molar-refractivity contribution in [1.82, 2.24) is 14.9 Å². The summed E-state index contributed by atoms with van der Waals surface area (Å²) in [6.45, 7) is 5.06. The highest BCUT2D eigenvalue weighted by atomic mass is 16.5. The molecular weight excluding hydrogens is 282 g/mol. The van der Waals surface area contributed by atoms with Crippen LogP contribution in [0.1, 0.15) is 34.7 Å². The number of carbonyl (C=O) groups is 1. The molecule has 0 aromatic carbocycles. The van der Waals surface area contributed by atoms with Gasteiger partial charge in [0.25, 0.3) is 5.91 Å². The van der Waals surface area contributed by atoms with Crippen LogP contribution in [0.3, 0.4) is 0 Å². The number of hydrogen-bond donors (Lipinski definition) is 0. The van der Waals surface area contributed by atoms with Gasteiger partial charge in [-0.15, -0.1) is 0 Å². The van der Waals surface area contributed by atoms with Crippen LogP contribution in [-0.2, 0) is 0 Å². The zero-order valence-corrected chi connectivity index (χ0v) is 12.8. The van der Waals surface area contributed by atoms with Crippen LogP contribution in [0.2, 0.25) is 0 Å². The predicted octanol–water partition coefficient (Wildman–Crippen LogP) is 2.37. The first kappa shape index (κ1) is 14.6. The molecular formula is C16H19N3O3. The van der Waals surface area contributed by atoms with E-state index in [1.807, 2.05) is 19.9 Å². The van der Waals surface area contributed by atoms with E-state index in [-0.39, 0.29) is 12.0 Å². The summed E-state index contributed by atoms with van der Waals surface area (Å²) in [5.41, 5.74) is 1.46. The second-order valence-corrected chi connectivity index (χ2v) is 5.54. The van der Waals surface area contributed by atoms with E-state index in [9.17, 15) is 4.79 Å². The molecule has 6 nitrogen and oxygen atoms in total. The number of furan rings is 1. The fourth-order valence-corrected chi connectivity index (χ4v) is 2.70. The normalized spacial score (nSPS) is 18.3. The van der Waals surface area contributed by atoms with E-state index >= 15 is 0 Å². The molecule has 3 rings (SSSR count). The van der Waals surface area contributed by atoms with Gasteiger partial charge in [0.05, 0.1) is 18.4 Å². The van der Waals surface area contributed by atoms with Crippen LogP contribution in [0.15, 0.2) is 29.1 Å². The highest BCUT2D eigenvalue weighted by Crippen LogP contribution is 2.19. The SMILES string of the molecule is Cc1cc(OC2CCCN(C(=O)c3ccoc3)C2)nc(C)n1. The molecule has 0 radical (unpaired) electrons. The number of ether oxygens (including phenoxy) is 1. The van der Waals surface area contributed by atoms with Crippen molar-refractivity contribution >= 4 is 5.91 Å². The molecule has 0 spiro atoms. The highest BCUT2D eigenvalue weighted by molar-refractivity contribution is 5.93. The van der Waals surface area contributed by atoms with Crippen LogP contribution in [0, 0.1) is 13.8 Å². The number of hydrogen-bond acceptors (Lipinski definition) is 5. The summed E-state index contributed by atoms with van der Waals surface area (Å²) in [5.74, 6) is 1.25. The lowest BCUT2D eigenvalue weighted by Gasteiger charge is -2.32. The quantitative estimate of drug-likeness (QED) is 0.870. The van der Waals surface area contributed by atoms with E-state index < -0.39 is 0 Å². The van der Waals surface area contributed by atoms with Crippen molar-refractivity contribution in [2.24, 2.45) is 0 Å². The second kappa shape index (κ2) is 6.17. The molecule has 3 heterocycles. The maximum atomic E-state index is 12.4. The summed E-state index contributed by atoms with van der Waals surface area (Å²) < 4.78 is 10.9. The lowest BCUT2D eigenvalue weighted by Crippen LogP contribution is -2.44. The minimum atomic E-state index is -0.0432. The summed E-state index contributed by atoms with van der Waals surface area (Å²) in [7, 11) is 0. The monoisotopic (exact) mass is 301 g/mol. The molecule has 1 saturated heterocycles. The van der Waals surface area contributed by atoms with E-state index in [4.69, 9.17) is 9.15 Å². The topological polar surface area (TPSA) is 68.5 Å². The Morgan fingerprint density at radius 2 is 2.27 bits per heavy atom. The molecule has 0 bridgehead atoms. The van der Waals surface area contributed by atoms with Gasteiger partial charge in [-0.25, -0.2) is 4.98 Å².